The van der Waals surface area contributed by atoms with Crippen LogP contribution in [0.25, 0.3) is 0 Å². The normalized spacial score (nSPS) is 19.2. The van der Waals surface area contributed by atoms with Crippen LogP contribution < -0.4 is 0 Å². The van der Waals surface area contributed by atoms with Gasteiger partial charge in [0.1, 0.15) is 5.60 Å². The first-order valence-electron chi connectivity index (χ1n) is 6.27. The van der Waals surface area contributed by atoms with Crippen molar-refractivity contribution < 1.29 is 4.74 Å². The van der Waals surface area contributed by atoms with E-state index in [2.05, 4.69) is 52.6 Å². The topological polar surface area (TPSA) is 22.1 Å². The summed E-state index contributed by atoms with van der Waals surface area (Å²) in [5.41, 5.74) is 2.42. The van der Waals surface area contributed by atoms with Crippen LogP contribution in [0, 0.1) is 10.8 Å². The standard InChI is InChI=1S/C15H23NO/c1-13(2,3)15(14(4,5)6)12-7-8-16-9-11(12)10-17-15/h7-9H,10H2,1-6H3. The summed E-state index contributed by atoms with van der Waals surface area (Å²) in [6.07, 6.45) is 3.81. The molecule has 0 atom stereocenters. The van der Waals surface area contributed by atoms with Crippen LogP contribution >= 0.6 is 0 Å². The molecule has 1 aromatic rings. The third kappa shape index (κ3) is 1.61. The number of nitrogens with zero attached hydrogens (tertiary/aromatic N) is 1. The minimum Gasteiger partial charge on any atom is -0.364 e. The van der Waals surface area contributed by atoms with Gasteiger partial charge in [0, 0.05) is 18.0 Å². The Labute approximate surface area is 104 Å². The van der Waals surface area contributed by atoms with E-state index in [0.717, 1.165) is 0 Å². The molecule has 0 spiro atoms. The first-order chi connectivity index (χ1) is 7.70. The van der Waals surface area contributed by atoms with E-state index in [-0.39, 0.29) is 16.4 Å². The molecule has 17 heavy (non-hydrogen) atoms. The second-order valence-electron chi connectivity index (χ2n) is 7.00. The second-order valence-corrected chi connectivity index (χ2v) is 7.00. The van der Waals surface area contributed by atoms with E-state index >= 15 is 0 Å². The Bertz CT molecular complexity index is 409. The van der Waals surface area contributed by atoms with E-state index in [1.807, 2.05) is 12.4 Å². The van der Waals surface area contributed by atoms with Gasteiger partial charge in [0.2, 0.25) is 0 Å². The van der Waals surface area contributed by atoms with Gasteiger partial charge < -0.3 is 4.74 Å². The molecule has 0 N–H and O–H groups in total. The Balaban J connectivity index is 2.68. The molecule has 2 nitrogen and oxygen atoms in total. The van der Waals surface area contributed by atoms with Crippen LogP contribution in [0.5, 0.6) is 0 Å². The Hall–Kier alpha value is -0.890. The number of ether oxygens (including phenoxy) is 1. The second kappa shape index (κ2) is 3.55. The lowest BCUT2D eigenvalue weighted by Gasteiger charge is -2.50. The zero-order valence-electron chi connectivity index (χ0n) is 11.8. The molecule has 0 radical (unpaired) electrons. The molecule has 0 aromatic carbocycles. The van der Waals surface area contributed by atoms with Gasteiger partial charge in [0.15, 0.2) is 0 Å². The molecule has 1 aliphatic rings. The zero-order chi connectivity index (χ0) is 12.9. The van der Waals surface area contributed by atoms with Crippen molar-refractivity contribution in [1.29, 1.82) is 0 Å². The van der Waals surface area contributed by atoms with Crippen LogP contribution in [0.1, 0.15) is 52.7 Å². The molecule has 0 amide bonds. The fourth-order valence-electron chi connectivity index (χ4n) is 3.52. The molecule has 0 unspecified atom stereocenters. The van der Waals surface area contributed by atoms with Crippen molar-refractivity contribution in [3.05, 3.63) is 29.6 Å². The summed E-state index contributed by atoms with van der Waals surface area (Å²) < 4.78 is 6.30. The SMILES string of the molecule is CC(C)(C)C1(C(C)(C)C)OCc2cnccc21. The van der Waals surface area contributed by atoms with E-state index in [1.165, 1.54) is 11.1 Å². The molecule has 2 rings (SSSR count). The van der Waals surface area contributed by atoms with Gasteiger partial charge in [-0.05, 0) is 22.5 Å². The highest BCUT2D eigenvalue weighted by Gasteiger charge is 2.56. The predicted octanol–water partition coefficient (Wildman–Crippen LogP) is 3.90. The number of pyridine rings is 1. The van der Waals surface area contributed by atoms with Gasteiger partial charge in [-0.15, -0.1) is 0 Å². The summed E-state index contributed by atoms with van der Waals surface area (Å²) in [6, 6.07) is 2.12. The number of fused-ring (bicyclic) bond motifs is 1. The quantitative estimate of drug-likeness (QED) is 0.678. The van der Waals surface area contributed by atoms with Gasteiger partial charge in [0.25, 0.3) is 0 Å². The highest BCUT2D eigenvalue weighted by atomic mass is 16.5. The summed E-state index contributed by atoms with van der Waals surface area (Å²) in [4.78, 5) is 4.21. The van der Waals surface area contributed by atoms with Crippen LogP contribution in [0.4, 0.5) is 0 Å². The average Bonchev–Trinajstić information content (AvgIpc) is 2.55. The van der Waals surface area contributed by atoms with E-state index in [9.17, 15) is 0 Å². The molecule has 0 aliphatic carbocycles. The summed E-state index contributed by atoms with van der Waals surface area (Å²) in [5, 5.41) is 0. The maximum absolute atomic E-state index is 6.30. The fraction of sp³-hybridized carbons (Fsp3) is 0.667. The Morgan fingerprint density at radius 1 is 1.12 bits per heavy atom. The zero-order valence-corrected chi connectivity index (χ0v) is 11.8. The van der Waals surface area contributed by atoms with Gasteiger partial charge in [-0.3, -0.25) is 4.98 Å². The molecule has 2 heterocycles. The fourth-order valence-corrected chi connectivity index (χ4v) is 3.52. The first kappa shape index (κ1) is 12.6. The lowest BCUT2D eigenvalue weighted by Crippen LogP contribution is -2.50. The molecule has 0 bridgehead atoms. The van der Waals surface area contributed by atoms with Crippen LogP contribution in [0.3, 0.4) is 0 Å². The average molecular weight is 233 g/mol. The molecule has 0 saturated carbocycles. The van der Waals surface area contributed by atoms with Gasteiger partial charge in [-0.2, -0.15) is 0 Å². The third-order valence-corrected chi connectivity index (χ3v) is 3.84. The molecule has 94 valence electrons. The minimum atomic E-state index is -0.238. The van der Waals surface area contributed by atoms with Crippen molar-refractivity contribution in [2.24, 2.45) is 10.8 Å². The number of rotatable bonds is 0. The molecule has 1 aliphatic heterocycles. The van der Waals surface area contributed by atoms with Gasteiger partial charge >= 0.3 is 0 Å². The van der Waals surface area contributed by atoms with Crippen molar-refractivity contribution in [1.82, 2.24) is 4.98 Å². The number of hydrogen-bond donors (Lipinski definition) is 0. The Morgan fingerprint density at radius 3 is 2.24 bits per heavy atom. The lowest BCUT2D eigenvalue weighted by atomic mass is 9.59. The monoisotopic (exact) mass is 233 g/mol. The maximum Gasteiger partial charge on any atom is 0.104 e. The van der Waals surface area contributed by atoms with Crippen LogP contribution in [0.2, 0.25) is 0 Å². The van der Waals surface area contributed by atoms with Crippen LogP contribution in [-0.2, 0) is 16.9 Å². The largest absolute Gasteiger partial charge is 0.364 e. The summed E-state index contributed by atoms with van der Waals surface area (Å²) in [5.74, 6) is 0. The molecule has 2 heteroatoms. The Morgan fingerprint density at radius 2 is 1.71 bits per heavy atom. The molecule has 0 saturated heterocycles. The van der Waals surface area contributed by atoms with Gasteiger partial charge in [-0.25, -0.2) is 0 Å². The van der Waals surface area contributed by atoms with Crippen molar-refractivity contribution >= 4 is 0 Å². The molecule has 0 fully saturated rings. The van der Waals surface area contributed by atoms with Crippen molar-refractivity contribution in [2.45, 2.75) is 53.8 Å². The highest BCUT2D eigenvalue weighted by Crippen LogP contribution is 2.57. The van der Waals surface area contributed by atoms with Crippen molar-refractivity contribution in [3.63, 3.8) is 0 Å². The van der Waals surface area contributed by atoms with Crippen molar-refractivity contribution in [2.75, 3.05) is 0 Å². The highest BCUT2D eigenvalue weighted by molar-refractivity contribution is 5.36. The molecular weight excluding hydrogens is 210 g/mol. The summed E-state index contributed by atoms with van der Waals surface area (Å²) >= 11 is 0. The number of hydrogen-bond acceptors (Lipinski definition) is 2. The van der Waals surface area contributed by atoms with E-state index in [0.29, 0.717) is 6.61 Å². The molecular formula is C15H23NO. The van der Waals surface area contributed by atoms with Crippen molar-refractivity contribution in [3.8, 4) is 0 Å². The van der Waals surface area contributed by atoms with Gasteiger partial charge in [-0.1, -0.05) is 41.5 Å². The minimum absolute atomic E-state index is 0.0534. The summed E-state index contributed by atoms with van der Waals surface area (Å²) in [6.45, 7) is 14.2. The van der Waals surface area contributed by atoms with E-state index in [1.54, 1.807) is 0 Å². The van der Waals surface area contributed by atoms with E-state index < -0.39 is 0 Å². The van der Waals surface area contributed by atoms with Crippen LogP contribution in [-0.4, -0.2) is 4.98 Å². The third-order valence-electron chi connectivity index (χ3n) is 3.84. The number of aromatic nitrogens is 1. The lowest BCUT2D eigenvalue weighted by molar-refractivity contribution is -0.180. The smallest absolute Gasteiger partial charge is 0.104 e. The summed E-state index contributed by atoms with van der Waals surface area (Å²) in [7, 11) is 0. The first-order valence-corrected chi connectivity index (χ1v) is 6.27. The molecule has 1 aromatic heterocycles. The maximum atomic E-state index is 6.30. The van der Waals surface area contributed by atoms with Gasteiger partial charge in [0.05, 0.1) is 6.61 Å². The van der Waals surface area contributed by atoms with Crippen LogP contribution in [0.15, 0.2) is 18.5 Å². The predicted molar refractivity (Wildman–Crippen MR) is 69.6 cm³/mol. The Kier molecular flexibility index (Phi) is 2.62. The van der Waals surface area contributed by atoms with E-state index in [4.69, 9.17) is 4.74 Å².